The lowest BCUT2D eigenvalue weighted by Crippen LogP contribution is -2.15. The topological polar surface area (TPSA) is 63.6 Å². The Balaban J connectivity index is 3.38. The lowest BCUT2D eigenvalue weighted by Gasteiger charge is -2.06. The van der Waals surface area contributed by atoms with Crippen LogP contribution in [0, 0.1) is 11.6 Å². The molecule has 0 radical (unpaired) electrons. The lowest BCUT2D eigenvalue weighted by molar-refractivity contribution is -0.131. The van der Waals surface area contributed by atoms with Gasteiger partial charge in [0.1, 0.15) is 5.82 Å². The van der Waals surface area contributed by atoms with E-state index in [-0.39, 0.29) is 0 Å². The van der Waals surface area contributed by atoms with Crippen molar-refractivity contribution in [1.29, 1.82) is 0 Å². The molecule has 15 heavy (non-hydrogen) atoms. The van der Waals surface area contributed by atoms with Gasteiger partial charge in [0.15, 0.2) is 11.6 Å². The van der Waals surface area contributed by atoms with Crippen molar-refractivity contribution in [2.24, 2.45) is 0 Å². The predicted octanol–water partition coefficient (Wildman–Crippen LogP) is 1.24. The molecule has 0 amide bonds. The van der Waals surface area contributed by atoms with E-state index in [1.807, 2.05) is 0 Å². The summed E-state index contributed by atoms with van der Waals surface area (Å²) < 4.78 is 30.2. The summed E-state index contributed by atoms with van der Waals surface area (Å²) in [5.41, 5.74) is -0.650. The van der Waals surface area contributed by atoms with Crippen LogP contribution in [0.5, 0.6) is 5.75 Å². The van der Waals surface area contributed by atoms with Crippen molar-refractivity contribution in [3.05, 3.63) is 29.3 Å². The van der Waals surface area contributed by atoms with Gasteiger partial charge in [0.2, 0.25) is 0 Å². The van der Waals surface area contributed by atoms with Crippen molar-refractivity contribution in [3.8, 4) is 5.75 Å². The van der Waals surface area contributed by atoms with E-state index in [0.29, 0.717) is 12.1 Å². The average Bonchev–Trinajstić information content (AvgIpc) is 2.15. The van der Waals surface area contributed by atoms with Gasteiger partial charge in [-0.25, -0.2) is 13.6 Å². The number of Topliss-reactive ketones (excluding diaryl/α,β-unsaturated/α-hetero) is 1. The first kappa shape index (κ1) is 11.1. The Morgan fingerprint density at radius 3 is 2.40 bits per heavy atom. The van der Waals surface area contributed by atoms with Gasteiger partial charge in [-0.2, -0.15) is 0 Å². The maximum absolute atomic E-state index is 13.0. The van der Waals surface area contributed by atoms with E-state index in [1.165, 1.54) is 0 Å². The van der Waals surface area contributed by atoms with Crippen LogP contribution in [0.15, 0.2) is 12.1 Å². The number of rotatable bonds is 3. The van der Waals surface area contributed by atoms with Crippen LogP contribution < -0.4 is 4.74 Å². The van der Waals surface area contributed by atoms with Crippen molar-refractivity contribution < 1.29 is 28.2 Å². The molecule has 1 aromatic carbocycles. The quantitative estimate of drug-likeness (QED) is 0.609. The van der Waals surface area contributed by atoms with Gasteiger partial charge >= 0.3 is 5.97 Å². The molecule has 1 N–H and O–H groups in total. The summed E-state index contributed by atoms with van der Waals surface area (Å²) in [5, 5.41) is 8.39. The number of benzene rings is 1. The van der Waals surface area contributed by atoms with E-state index in [0.717, 1.165) is 7.11 Å². The van der Waals surface area contributed by atoms with Gasteiger partial charge in [0.05, 0.1) is 12.7 Å². The third-order valence-electron chi connectivity index (χ3n) is 1.65. The SMILES string of the molecule is COc1c(F)cc(F)cc1C(=O)C(=O)O. The number of methoxy groups -OCH3 is 1. The van der Waals surface area contributed by atoms with Crippen molar-refractivity contribution >= 4 is 11.8 Å². The van der Waals surface area contributed by atoms with E-state index in [4.69, 9.17) is 5.11 Å². The van der Waals surface area contributed by atoms with Crippen LogP contribution in [-0.4, -0.2) is 24.0 Å². The first-order chi connectivity index (χ1) is 6.97. The number of halogens is 2. The molecule has 80 valence electrons. The molecule has 0 saturated carbocycles. The molecule has 0 atom stereocenters. The summed E-state index contributed by atoms with van der Waals surface area (Å²) in [6.45, 7) is 0. The Morgan fingerprint density at radius 1 is 1.33 bits per heavy atom. The molecular formula is C9H6F2O4. The van der Waals surface area contributed by atoms with E-state index in [1.54, 1.807) is 0 Å². The average molecular weight is 216 g/mol. The molecule has 0 saturated heterocycles. The Hall–Kier alpha value is -1.98. The summed E-state index contributed by atoms with van der Waals surface area (Å²) in [6, 6.07) is 1.11. The molecule has 1 rings (SSSR count). The van der Waals surface area contributed by atoms with Crippen LogP contribution >= 0.6 is 0 Å². The molecule has 0 bridgehead atoms. The molecule has 0 heterocycles. The molecule has 0 unspecified atom stereocenters. The van der Waals surface area contributed by atoms with Crippen LogP contribution in [0.1, 0.15) is 10.4 Å². The Bertz CT molecular complexity index is 428. The van der Waals surface area contributed by atoms with Crippen LogP contribution in [-0.2, 0) is 4.79 Å². The molecule has 0 aliphatic heterocycles. The number of carboxylic acids is 1. The maximum Gasteiger partial charge on any atom is 0.377 e. The van der Waals surface area contributed by atoms with E-state index < -0.39 is 34.7 Å². The van der Waals surface area contributed by atoms with E-state index in [9.17, 15) is 18.4 Å². The fourth-order valence-corrected chi connectivity index (χ4v) is 1.05. The Morgan fingerprint density at radius 2 is 1.93 bits per heavy atom. The second kappa shape index (κ2) is 4.04. The first-order valence-corrected chi connectivity index (χ1v) is 3.78. The number of carbonyl (C=O) groups excluding carboxylic acids is 1. The molecule has 0 aliphatic rings. The molecule has 6 heteroatoms. The van der Waals surface area contributed by atoms with E-state index >= 15 is 0 Å². The van der Waals surface area contributed by atoms with Crippen LogP contribution in [0.4, 0.5) is 8.78 Å². The second-order valence-electron chi connectivity index (χ2n) is 2.60. The van der Waals surface area contributed by atoms with E-state index in [2.05, 4.69) is 4.74 Å². The largest absolute Gasteiger partial charge is 0.493 e. The van der Waals surface area contributed by atoms with Crippen molar-refractivity contribution in [2.75, 3.05) is 7.11 Å². The first-order valence-electron chi connectivity index (χ1n) is 3.78. The van der Waals surface area contributed by atoms with Crippen LogP contribution in [0.3, 0.4) is 0 Å². The smallest absolute Gasteiger partial charge is 0.377 e. The normalized spacial score (nSPS) is 9.80. The van der Waals surface area contributed by atoms with Crippen molar-refractivity contribution in [2.45, 2.75) is 0 Å². The lowest BCUT2D eigenvalue weighted by atomic mass is 10.1. The van der Waals surface area contributed by atoms with Crippen LogP contribution in [0.25, 0.3) is 0 Å². The monoisotopic (exact) mass is 216 g/mol. The maximum atomic E-state index is 13.0. The van der Waals surface area contributed by atoms with Gasteiger partial charge in [0.25, 0.3) is 5.78 Å². The van der Waals surface area contributed by atoms with Gasteiger partial charge in [-0.05, 0) is 6.07 Å². The molecule has 0 aliphatic carbocycles. The van der Waals surface area contributed by atoms with Crippen molar-refractivity contribution in [3.63, 3.8) is 0 Å². The van der Waals surface area contributed by atoms with Gasteiger partial charge in [-0.3, -0.25) is 4.79 Å². The molecular weight excluding hydrogens is 210 g/mol. The third kappa shape index (κ3) is 2.09. The number of ketones is 1. The number of aliphatic carboxylic acids is 1. The highest BCUT2D eigenvalue weighted by atomic mass is 19.1. The summed E-state index contributed by atoms with van der Waals surface area (Å²) in [4.78, 5) is 21.4. The number of carboxylic acid groups (broad SMARTS) is 1. The Kier molecular flexibility index (Phi) is 2.99. The number of hydrogen-bond acceptors (Lipinski definition) is 3. The molecule has 1 aromatic rings. The van der Waals surface area contributed by atoms with Gasteiger partial charge in [0, 0.05) is 6.07 Å². The fraction of sp³-hybridized carbons (Fsp3) is 0.111. The zero-order chi connectivity index (χ0) is 11.6. The number of hydrogen-bond donors (Lipinski definition) is 1. The minimum absolute atomic E-state index is 0.497. The molecule has 0 fully saturated rings. The highest BCUT2D eigenvalue weighted by Gasteiger charge is 2.23. The summed E-state index contributed by atoms with van der Waals surface area (Å²) >= 11 is 0. The Labute approximate surface area is 83.1 Å². The van der Waals surface area contributed by atoms with Gasteiger partial charge in [-0.15, -0.1) is 0 Å². The summed E-state index contributed by atoms with van der Waals surface area (Å²) in [5.74, 6) is -5.98. The second-order valence-corrected chi connectivity index (χ2v) is 2.60. The highest BCUT2D eigenvalue weighted by Crippen LogP contribution is 2.24. The zero-order valence-electron chi connectivity index (χ0n) is 7.58. The van der Waals surface area contributed by atoms with Gasteiger partial charge < -0.3 is 9.84 Å². The minimum Gasteiger partial charge on any atom is -0.493 e. The molecule has 4 nitrogen and oxygen atoms in total. The van der Waals surface area contributed by atoms with Crippen molar-refractivity contribution in [1.82, 2.24) is 0 Å². The number of ether oxygens (including phenoxy) is 1. The van der Waals surface area contributed by atoms with Crippen LogP contribution in [0.2, 0.25) is 0 Å². The minimum atomic E-state index is -1.81. The summed E-state index contributed by atoms with van der Waals surface area (Å²) in [6.07, 6.45) is 0. The standard InChI is InChI=1S/C9H6F2O4/c1-15-8-5(7(12)9(13)14)2-4(10)3-6(8)11/h2-3H,1H3,(H,13,14). The third-order valence-corrected chi connectivity index (χ3v) is 1.65. The molecule has 0 spiro atoms. The fourth-order valence-electron chi connectivity index (χ4n) is 1.05. The summed E-state index contributed by atoms with van der Waals surface area (Å²) in [7, 11) is 1.05. The number of carbonyl (C=O) groups is 2. The highest BCUT2D eigenvalue weighted by molar-refractivity contribution is 6.40. The van der Waals surface area contributed by atoms with Gasteiger partial charge in [-0.1, -0.05) is 0 Å². The predicted molar refractivity (Wildman–Crippen MR) is 44.9 cm³/mol. The molecule has 0 aromatic heterocycles. The zero-order valence-corrected chi connectivity index (χ0v) is 7.58.